The van der Waals surface area contributed by atoms with Gasteiger partial charge in [0.2, 0.25) is 0 Å². The smallest absolute Gasteiger partial charge is 0.0406 e. The molecule has 52 valence electrons. The van der Waals surface area contributed by atoms with Crippen LogP contribution in [-0.2, 0) is 0 Å². The average Bonchev–Trinajstić information content (AvgIpc) is 1.86. The highest BCUT2D eigenvalue weighted by molar-refractivity contribution is 5.11. The predicted molar refractivity (Wildman–Crippen MR) is 41.5 cm³/mol. The van der Waals surface area contributed by atoms with E-state index in [4.69, 9.17) is 0 Å². The molecule has 0 aromatic carbocycles. The first-order chi connectivity index (χ1) is 4.04. The van der Waals surface area contributed by atoms with Crippen LogP contribution in [0.2, 0.25) is 0 Å². The minimum Gasteiger partial charge on any atom is -0.311 e. The van der Waals surface area contributed by atoms with Crippen LogP contribution in [-0.4, -0.2) is 12.6 Å². The molecule has 0 unspecified atom stereocenters. The molecule has 0 amide bonds. The summed E-state index contributed by atoms with van der Waals surface area (Å²) in [5.41, 5.74) is 4.05. The minimum absolute atomic E-state index is 0.0434. The van der Waals surface area contributed by atoms with E-state index in [-0.39, 0.29) is 5.54 Å². The second kappa shape index (κ2) is 2.86. The molecule has 0 heterocycles. The fourth-order valence-corrected chi connectivity index (χ4v) is 0.408. The van der Waals surface area contributed by atoms with Crippen molar-refractivity contribution < 1.29 is 0 Å². The number of likely N-dealkylation sites (N-methyl/N-ethyl adjacent to an activating group) is 1. The Morgan fingerprint density at radius 3 is 2.11 bits per heavy atom. The summed E-state index contributed by atoms with van der Waals surface area (Å²) in [7, 11) is 1.93. The van der Waals surface area contributed by atoms with Crippen molar-refractivity contribution >= 4 is 0 Å². The Bertz CT molecular complexity index is 139. The Hall–Kier alpha value is -0.520. The molecule has 0 bridgehead atoms. The Kier molecular flexibility index (Phi) is 2.69. The number of rotatable bonds is 2. The summed E-state index contributed by atoms with van der Waals surface area (Å²) >= 11 is 0. The molecule has 1 heteroatoms. The van der Waals surface area contributed by atoms with Gasteiger partial charge in [0, 0.05) is 5.54 Å². The predicted octanol–water partition coefficient (Wildman–Crippen LogP) is 1.72. The first-order valence-electron chi connectivity index (χ1n) is 3.10. The van der Waals surface area contributed by atoms with Gasteiger partial charge in [0.1, 0.15) is 0 Å². The Morgan fingerprint density at radius 1 is 1.56 bits per heavy atom. The van der Waals surface area contributed by atoms with Crippen LogP contribution in [0, 0.1) is 0 Å². The van der Waals surface area contributed by atoms with Crippen molar-refractivity contribution in [1.29, 1.82) is 0 Å². The molecule has 0 aromatic heterocycles. The molecular weight excluding hydrogens is 110 g/mol. The number of nitrogens with one attached hydrogen (secondary N) is 1. The average molecular weight is 125 g/mol. The van der Waals surface area contributed by atoms with E-state index in [0.717, 1.165) is 5.57 Å². The Balaban J connectivity index is 4.33. The fraction of sp³-hybridized carbons (Fsp3) is 0.625. The molecule has 1 nitrogen and oxygen atoms in total. The standard InChI is InChI=1S/C8H15N/c1-6-7(2)8(3,4)9-5/h9H,1H2,2-5H3. The van der Waals surface area contributed by atoms with Crippen molar-refractivity contribution in [2.75, 3.05) is 7.05 Å². The third-order valence-corrected chi connectivity index (χ3v) is 1.83. The highest BCUT2D eigenvalue weighted by Gasteiger charge is 2.15. The first-order valence-corrected chi connectivity index (χ1v) is 3.10. The van der Waals surface area contributed by atoms with Gasteiger partial charge in [-0.15, -0.1) is 5.73 Å². The van der Waals surface area contributed by atoms with Crippen molar-refractivity contribution in [3.05, 3.63) is 17.9 Å². The van der Waals surface area contributed by atoms with Gasteiger partial charge in [-0.1, -0.05) is 6.58 Å². The number of hydrogen-bond acceptors (Lipinski definition) is 1. The van der Waals surface area contributed by atoms with Crippen LogP contribution in [0.3, 0.4) is 0 Å². The van der Waals surface area contributed by atoms with Gasteiger partial charge >= 0.3 is 0 Å². The maximum atomic E-state index is 3.57. The van der Waals surface area contributed by atoms with Gasteiger partial charge < -0.3 is 5.32 Å². The third kappa shape index (κ3) is 2.05. The lowest BCUT2D eigenvalue weighted by atomic mass is 9.97. The van der Waals surface area contributed by atoms with E-state index in [0.29, 0.717) is 0 Å². The summed E-state index contributed by atoms with van der Waals surface area (Å²) in [6.45, 7) is 9.79. The summed E-state index contributed by atoms with van der Waals surface area (Å²) in [5, 5.41) is 3.15. The monoisotopic (exact) mass is 125 g/mol. The highest BCUT2D eigenvalue weighted by Crippen LogP contribution is 2.11. The topological polar surface area (TPSA) is 12.0 Å². The summed E-state index contributed by atoms with van der Waals surface area (Å²) in [6, 6.07) is 0. The van der Waals surface area contributed by atoms with Crippen LogP contribution in [0.5, 0.6) is 0 Å². The van der Waals surface area contributed by atoms with Crippen molar-refractivity contribution in [3.8, 4) is 0 Å². The van der Waals surface area contributed by atoms with Crippen molar-refractivity contribution in [1.82, 2.24) is 5.32 Å². The second-order valence-electron chi connectivity index (χ2n) is 2.68. The molecule has 0 spiro atoms. The minimum atomic E-state index is 0.0434. The highest BCUT2D eigenvalue weighted by atomic mass is 14.9. The summed E-state index contributed by atoms with van der Waals surface area (Å²) in [4.78, 5) is 0. The largest absolute Gasteiger partial charge is 0.311 e. The van der Waals surface area contributed by atoms with Gasteiger partial charge in [0.15, 0.2) is 0 Å². The second-order valence-corrected chi connectivity index (χ2v) is 2.68. The zero-order chi connectivity index (χ0) is 7.49. The molecule has 0 aliphatic heterocycles. The summed E-state index contributed by atoms with van der Waals surface area (Å²) in [5.74, 6) is 0. The molecule has 0 fully saturated rings. The lowest BCUT2D eigenvalue weighted by Crippen LogP contribution is -2.36. The first kappa shape index (κ1) is 8.48. The molecule has 0 aliphatic carbocycles. The van der Waals surface area contributed by atoms with Crippen molar-refractivity contribution in [2.24, 2.45) is 0 Å². The van der Waals surface area contributed by atoms with E-state index in [1.54, 1.807) is 0 Å². The zero-order valence-corrected chi connectivity index (χ0v) is 6.71. The molecule has 0 saturated carbocycles. The van der Waals surface area contributed by atoms with Gasteiger partial charge in [-0.25, -0.2) is 0 Å². The third-order valence-electron chi connectivity index (χ3n) is 1.83. The summed E-state index contributed by atoms with van der Waals surface area (Å²) in [6.07, 6.45) is 0. The van der Waals surface area contributed by atoms with Gasteiger partial charge in [0.25, 0.3) is 0 Å². The molecule has 0 radical (unpaired) electrons. The van der Waals surface area contributed by atoms with E-state index in [1.165, 1.54) is 0 Å². The Morgan fingerprint density at radius 2 is 2.00 bits per heavy atom. The van der Waals surface area contributed by atoms with Gasteiger partial charge in [0.05, 0.1) is 0 Å². The molecular formula is C8H15N. The quantitative estimate of drug-likeness (QED) is 0.554. The van der Waals surface area contributed by atoms with Crippen LogP contribution >= 0.6 is 0 Å². The van der Waals surface area contributed by atoms with Crippen LogP contribution in [0.4, 0.5) is 0 Å². The van der Waals surface area contributed by atoms with Crippen LogP contribution in [0.25, 0.3) is 0 Å². The van der Waals surface area contributed by atoms with Gasteiger partial charge in [-0.3, -0.25) is 0 Å². The zero-order valence-electron chi connectivity index (χ0n) is 6.71. The lowest BCUT2D eigenvalue weighted by molar-refractivity contribution is 0.498. The maximum absolute atomic E-state index is 3.57. The normalized spacial score (nSPS) is 10.7. The van der Waals surface area contributed by atoms with Crippen LogP contribution in [0.15, 0.2) is 17.9 Å². The van der Waals surface area contributed by atoms with Crippen LogP contribution in [0.1, 0.15) is 20.8 Å². The molecule has 1 N–H and O–H groups in total. The van der Waals surface area contributed by atoms with Gasteiger partial charge in [-0.2, -0.15) is 0 Å². The van der Waals surface area contributed by atoms with Crippen LogP contribution < -0.4 is 5.32 Å². The van der Waals surface area contributed by atoms with E-state index in [2.05, 4.69) is 31.5 Å². The molecule has 0 rings (SSSR count). The summed E-state index contributed by atoms with van der Waals surface area (Å²) < 4.78 is 0. The van der Waals surface area contributed by atoms with E-state index < -0.39 is 0 Å². The Labute approximate surface area is 57.5 Å². The van der Waals surface area contributed by atoms with E-state index >= 15 is 0 Å². The van der Waals surface area contributed by atoms with Crippen molar-refractivity contribution in [2.45, 2.75) is 26.3 Å². The van der Waals surface area contributed by atoms with E-state index in [1.807, 2.05) is 14.0 Å². The molecule has 0 saturated heterocycles. The molecule has 0 atom stereocenters. The number of hydrogen-bond donors (Lipinski definition) is 1. The van der Waals surface area contributed by atoms with Crippen molar-refractivity contribution in [3.63, 3.8) is 0 Å². The SMILES string of the molecule is C=C=C(C)C(C)(C)NC. The van der Waals surface area contributed by atoms with Gasteiger partial charge in [-0.05, 0) is 33.4 Å². The van der Waals surface area contributed by atoms with E-state index in [9.17, 15) is 0 Å². The fourth-order valence-electron chi connectivity index (χ4n) is 0.408. The molecule has 0 aromatic rings. The lowest BCUT2D eigenvalue weighted by Gasteiger charge is -2.23. The maximum Gasteiger partial charge on any atom is 0.0406 e. The molecule has 0 aliphatic rings. The molecule has 9 heavy (non-hydrogen) atoms.